The summed E-state index contributed by atoms with van der Waals surface area (Å²) >= 11 is 6.10. The van der Waals surface area contributed by atoms with Crippen molar-refractivity contribution in [1.29, 1.82) is 0 Å². The van der Waals surface area contributed by atoms with Crippen molar-refractivity contribution in [3.05, 3.63) is 58.2 Å². The van der Waals surface area contributed by atoms with E-state index in [1.807, 2.05) is 19.9 Å². The maximum atomic E-state index is 12.5. The Balaban J connectivity index is 1.77. The van der Waals surface area contributed by atoms with Crippen LogP contribution in [-0.2, 0) is 21.4 Å². The molecular weight excluding hydrogens is 420 g/mol. The van der Waals surface area contributed by atoms with Crippen LogP contribution < -0.4 is 0 Å². The number of halogens is 1. The van der Waals surface area contributed by atoms with Crippen molar-refractivity contribution >= 4 is 27.6 Å². The van der Waals surface area contributed by atoms with Crippen LogP contribution in [0.4, 0.5) is 0 Å². The van der Waals surface area contributed by atoms with Crippen molar-refractivity contribution in [2.45, 2.75) is 25.5 Å². The fraction of sp³-hybridized carbons (Fsp3) is 0.278. The Morgan fingerprint density at radius 2 is 1.97 bits per heavy atom. The lowest BCUT2D eigenvalue weighted by Gasteiger charge is -2.09. The van der Waals surface area contributed by atoms with Crippen molar-refractivity contribution in [2.24, 2.45) is 0 Å². The molecule has 0 aliphatic heterocycles. The van der Waals surface area contributed by atoms with Gasteiger partial charge in [-0.1, -0.05) is 11.6 Å². The van der Waals surface area contributed by atoms with Crippen molar-refractivity contribution in [3.8, 4) is 5.82 Å². The highest BCUT2D eigenvalue weighted by atomic mass is 35.5. The molecule has 154 valence electrons. The molecular formula is C18H19ClN4O5S. The number of carbonyl (C=O) groups excluding carboxylic acids is 1. The largest absolute Gasteiger partial charge is 0.453 e. The molecule has 0 N–H and O–H groups in total. The Kier molecular flexibility index (Phi) is 5.78. The predicted molar refractivity (Wildman–Crippen MR) is 105 cm³/mol. The molecule has 0 saturated carbocycles. The summed E-state index contributed by atoms with van der Waals surface area (Å²) in [5.41, 5.74) is 1.58. The molecule has 3 heterocycles. The van der Waals surface area contributed by atoms with Gasteiger partial charge in [-0.15, -0.1) is 0 Å². The first kappa shape index (κ1) is 21.0. The number of furan rings is 1. The molecule has 0 radical (unpaired) electrons. The zero-order valence-corrected chi connectivity index (χ0v) is 17.8. The fourth-order valence-corrected chi connectivity index (χ4v) is 3.51. The first-order valence-electron chi connectivity index (χ1n) is 8.48. The Hall–Kier alpha value is -2.69. The minimum absolute atomic E-state index is 0.0792. The molecule has 9 nitrogen and oxygen atoms in total. The van der Waals surface area contributed by atoms with Crippen LogP contribution in [0.15, 0.2) is 39.8 Å². The Bertz CT molecular complexity index is 1170. The van der Waals surface area contributed by atoms with Gasteiger partial charge in [0.05, 0.1) is 10.7 Å². The molecule has 0 amide bonds. The van der Waals surface area contributed by atoms with E-state index in [1.165, 1.54) is 32.3 Å². The minimum atomic E-state index is -3.71. The Morgan fingerprint density at radius 1 is 1.24 bits per heavy atom. The van der Waals surface area contributed by atoms with Crippen LogP contribution in [0.1, 0.15) is 27.6 Å². The number of sulfonamides is 1. The van der Waals surface area contributed by atoms with Crippen molar-refractivity contribution < 1.29 is 22.4 Å². The van der Waals surface area contributed by atoms with Gasteiger partial charge in [0.25, 0.3) is 10.0 Å². The van der Waals surface area contributed by atoms with Gasteiger partial charge in [0.1, 0.15) is 12.4 Å². The number of hydrogen-bond acceptors (Lipinski definition) is 7. The van der Waals surface area contributed by atoms with E-state index in [9.17, 15) is 13.2 Å². The standard InChI is InChI=1S/C18H19ClN4O5S/c1-11-9-12(2)23(21-11)15-7-6-14(19)17(20-15)18(24)27-10-13-5-8-16(28-13)29(25,26)22(3)4/h5-9H,10H2,1-4H3. The summed E-state index contributed by atoms with van der Waals surface area (Å²) in [7, 11) is -0.929. The van der Waals surface area contributed by atoms with Gasteiger partial charge in [-0.05, 0) is 44.2 Å². The minimum Gasteiger partial charge on any atom is -0.453 e. The zero-order valence-electron chi connectivity index (χ0n) is 16.2. The summed E-state index contributed by atoms with van der Waals surface area (Å²) in [6.07, 6.45) is 0. The van der Waals surface area contributed by atoms with E-state index in [0.717, 1.165) is 15.7 Å². The van der Waals surface area contributed by atoms with Crippen LogP contribution in [0, 0.1) is 13.8 Å². The number of nitrogens with zero attached hydrogens (tertiary/aromatic N) is 4. The van der Waals surface area contributed by atoms with E-state index in [-0.39, 0.29) is 28.2 Å². The molecule has 29 heavy (non-hydrogen) atoms. The van der Waals surface area contributed by atoms with Crippen molar-refractivity contribution in [3.63, 3.8) is 0 Å². The second kappa shape index (κ2) is 7.97. The molecule has 0 aliphatic carbocycles. The molecule has 3 aromatic rings. The van der Waals surface area contributed by atoms with Crippen molar-refractivity contribution in [2.75, 3.05) is 14.1 Å². The first-order chi connectivity index (χ1) is 13.6. The number of pyridine rings is 1. The van der Waals surface area contributed by atoms with E-state index in [2.05, 4.69) is 10.1 Å². The van der Waals surface area contributed by atoms with Gasteiger partial charge in [0.2, 0.25) is 5.09 Å². The molecule has 0 unspecified atom stereocenters. The molecule has 0 atom stereocenters. The number of aromatic nitrogens is 3. The van der Waals surface area contributed by atoms with Crippen LogP contribution in [-0.4, -0.2) is 47.6 Å². The summed E-state index contributed by atoms with van der Waals surface area (Å²) in [5.74, 6) is -0.180. The molecule has 3 rings (SSSR count). The summed E-state index contributed by atoms with van der Waals surface area (Å²) in [6, 6.07) is 7.78. The molecule has 0 bridgehead atoms. The van der Waals surface area contributed by atoms with Gasteiger partial charge in [0.15, 0.2) is 11.5 Å². The first-order valence-corrected chi connectivity index (χ1v) is 10.3. The molecule has 0 aromatic carbocycles. The van der Waals surface area contributed by atoms with Crippen LogP contribution in [0.3, 0.4) is 0 Å². The van der Waals surface area contributed by atoms with Gasteiger partial charge in [-0.3, -0.25) is 0 Å². The number of esters is 1. The maximum absolute atomic E-state index is 12.5. The molecule has 0 saturated heterocycles. The highest BCUT2D eigenvalue weighted by molar-refractivity contribution is 7.88. The molecule has 0 aliphatic rings. The predicted octanol–water partition coefficient (Wildman–Crippen LogP) is 2.74. The van der Waals surface area contributed by atoms with E-state index in [0.29, 0.717) is 5.82 Å². The van der Waals surface area contributed by atoms with Crippen LogP contribution in [0.5, 0.6) is 0 Å². The second-order valence-corrected chi connectivity index (χ2v) is 8.91. The third-order valence-corrected chi connectivity index (χ3v) is 5.96. The summed E-state index contributed by atoms with van der Waals surface area (Å²) in [4.78, 5) is 16.7. The van der Waals surface area contributed by atoms with Crippen LogP contribution >= 0.6 is 11.6 Å². The Labute approximate surface area is 172 Å². The van der Waals surface area contributed by atoms with E-state index < -0.39 is 16.0 Å². The number of hydrogen-bond donors (Lipinski definition) is 0. The summed E-state index contributed by atoms with van der Waals surface area (Å²) < 4.78 is 37.1. The fourth-order valence-electron chi connectivity index (χ4n) is 2.51. The molecule has 0 spiro atoms. The van der Waals surface area contributed by atoms with Gasteiger partial charge >= 0.3 is 5.97 Å². The lowest BCUT2D eigenvalue weighted by atomic mass is 10.3. The third-order valence-electron chi connectivity index (χ3n) is 3.97. The average molecular weight is 439 g/mol. The quantitative estimate of drug-likeness (QED) is 0.544. The summed E-state index contributed by atoms with van der Waals surface area (Å²) in [6.45, 7) is 3.44. The SMILES string of the molecule is Cc1cc(C)n(-c2ccc(Cl)c(C(=O)OCc3ccc(S(=O)(=O)N(C)C)o3)n2)n1. The normalized spacial score (nSPS) is 11.8. The van der Waals surface area contributed by atoms with Crippen LogP contribution in [0.25, 0.3) is 5.82 Å². The smallest absolute Gasteiger partial charge is 0.359 e. The topological polar surface area (TPSA) is 108 Å². The number of carbonyl (C=O) groups is 1. The van der Waals surface area contributed by atoms with Gasteiger partial charge in [0, 0.05) is 19.8 Å². The van der Waals surface area contributed by atoms with Gasteiger partial charge in [-0.25, -0.2) is 27.2 Å². The van der Waals surface area contributed by atoms with E-state index in [4.69, 9.17) is 20.8 Å². The highest BCUT2D eigenvalue weighted by Crippen LogP contribution is 2.21. The van der Waals surface area contributed by atoms with Gasteiger partial charge < -0.3 is 9.15 Å². The molecule has 11 heteroatoms. The summed E-state index contributed by atoms with van der Waals surface area (Å²) in [5, 5.41) is 4.21. The number of aryl methyl sites for hydroxylation is 2. The van der Waals surface area contributed by atoms with E-state index >= 15 is 0 Å². The lowest BCUT2D eigenvalue weighted by molar-refractivity contribution is 0.0434. The third kappa shape index (κ3) is 4.34. The second-order valence-electron chi connectivity index (χ2n) is 6.42. The van der Waals surface area contributed by atoms with Crippen LogP contribution in [0.2, 0.25) is 5.02 Å². The van der Waals surface area contributed by atoms with Crippen molar-refractivity contribution in [1.82, 2.24) is 19.1 Å². The zero-order chi connectivity index (χ0) is 21.3. The van der Waals surface area contributed by atoms with E-state index in [1.54, 1.807) is 10.7 Å². The number of ether oxygens (including phenoxy) is 1. The highest BCUT2D eigenvalue weighted by Gasteiger charge is 2.22. The average Bonchev–Trinajstić information content (AvgIpc) is 3.26. The number of rotatable bonds is 6. The molecule has 0 fully saturated rings. The monoisotopic (exact) mass is 438 g/mol. The lowest BCUT2D eigenvalue weighted by Crippen LogP contribution is -2.21. The molecule has 3 aromatic heterocycles. The van der Waals surface area contributed by atoms with Gasteiger partial charge in [-0.2, -0.15) is 5.10 Å². The maximum Gasteiger partial charge on any atom is 0.359 e. The Morgan fingerprint density at radius 3 is 2.59 bits per heavy atom.